The standard InChI is InChI=1S/C11H14N2O4/c1-3-13(2)9(14)7-17-8-5-4-6-12-10(8)11(15)16/h4-6H,3,7H2,1-2H3,(H,15,16). The molecule has 0 aliphatic heterocycles. The molecule has 1 aromatic rings. The van der Waals surface area contributed by atoms with E-state index < -0.39 is 5.97 Å². The number of hydrogen-bond donors (Lipinski definition) is 1. The molecule has 6 heteroatoms. The lowest BCUT2D eigenvalue weighted by molar-refractivity contribution is -0.131. The number of likely N-dealkylation sites (N-methyl/N-ethyl adjacent to an activating group) is 1. The van der Waals surface area contributed by atoms with Crippen LogP contribution in [0.5, 0.6) is 5.75 Å². The molecule has 1 rings (SSSR count). The molecule has 1 heterocycles. The molecule has 17 heavy (non-hydrogen) atoms. The van der Waals surface area contributed by atoms with Gasteiger partial charge in [-0.3, -0.25) is 4.79 Å². The number of carboxylic acid groups (broad SMARTS) is 1. The third kappa shape index (κ3) is 3.44. The predicted molar refractivity (Wildman–Crippen MR) is 60.0 cm³/mol. The van der Waals surface area contributed by atoms with E-state index >= 15 is 0 Å². The van der Waals surface area contributed by atoms with Crippen LogP contribution in [0.1, 0.15) is 17.4 Å². The highest BCUT2D eigenvalue weighted by atomic mass is 16.5. The second-order valence-corrected chi connectivity index (χ2v) is 3.35. The van der Waals surface area contributed by atoms with Crippen molar-refractivity contribution >= 4 is 11.9 Å². The van der Waals surface area contributed by atoms with E-state index in [1.807, 2.05) is 6.92 Å². The van der Waals surface area contributed by atoms with Crippen molar-refractivity contribution in [3.8, 4) is 5.75 Å². The number of ether oxygens (including phenoxy) is 1. The van der Waals surface area contributed by atoms with Crippen molar-refractivity contribution in [2.45, 2.75) is 6.92 Å². The third-order valence-electron chi connectivity index (χ3n) is 2.22. The van der Waals surface area contributed by atoms with Crippen LogP contribution in [0.15, 0.2) is 18.3 Å². The van der Waals surface area contributed by atoms with Crippen LogP contribution in [0.2, 0.25) is 0 Å². The molecule has 1 amide bonds. The summed E-state index contributed by atoms with van der Waals surface area (Å²) >= 11 is 0. The van der Waals surface area contributed by atoms with Gasteiger partial charge in [-0.25, -0.2) is 9.78 Å². The fourth-order valence-corrected chi connectivity index (χ4v) is 1.09. The van der Waals surface area contributed by atoms with Gasteiger partial charge in [-0.1, -0.05) is 0 Å². The van der Waals surface area contributed by atoms with E-state index in [-0.39, 0.29) is 24.0 Å². The fourth-order valence-electron chi connectivity index (χ4n) is 1.09. The number of aromatic carboxylic acids is 1. The Kier molecular flexibility index (Phi) is 4.45. The van der Waals surface area contributed by atoms with Crippen LogP contribution in [0.4, 0.5) is 0 Å². The van der Waals surface area contributed by atoms with Gasteiger partial charge in [-0.05, 0) is 19.1 Å². The van der Waals surface area contributed by atoms with Crippen LogP contribution in [0, 0.1) is 0 Å². The fraction of sp³-hybridized carbons (Fsp3) is 0.364. The molecule has 0 radical (unpaired) electrons. The maximum atomic E-state index is 11.5. The molecule has 0 aliphatic carbocycles. The van der Waals surface area contributed by atoms with E-state index in [9.17, 15) is 9.59 Å². The van der Waals surface area contributed by atoms with Crippen LogP contribution < -0.4 is 4.74 Å². The van der Waals surface area contributed by atoms with Gasteiger partial charge in [0.05, 0.1) is 0 Å². The van der Waals surface area contributed by atoms with E-state index in [4.69, 9.17) is 9.84 Å². The first-order valence-electron chi connectivity index (χ1n) is 5.11. The van der Waals surface area contributed by atoms with Crippen LogP contribution >= 0.6 is 0 Å². The molecule has 0 aromatic carbocycles. The van der Waals surface area contributed by atoms with Crippen molar-refractivity contribution in [3.05, 3.63) is 24.0 Å². The Bertz CT molecular complexity index is 420. The number of carboxylic acids is 1. The average molecular weight is 238 g/mol. The number of aromatic nitrogens is 1. The first-order chi connectivity index (χ1) is 8.06. The number of amides is 1. The molecule has 0 bridgehead atoms. The topological polar surface area (TPSA) is 79.7 Å². The van der Waals surface area contributed by atoms with Crippen LogP contribution in [-0.2, 0) is 4.79 Å². The molecule has 0 saturated carbocycles. The molecular weight excluding hydrogens is 224 g/mol. The van der Waals surface area contributed by atoms with E-state index in [1.54, 1.807) is 13.1 Å². The Morgan fingerprint density at radius 3 is 2.82 bits per heavy atom. The molecule has 0 saturated heterocycles. The summed E-state index contributed by atoms with van der Waals surface area (Å²) < 4.78 is 5.15. The second kappa shape index (κ2) is 5.83. The zero-order chi connectivity index (χ0) is 12.8. The summed E-state index contributed by atoms with van der Waals surface area (Å²) in [7, 11) is 1.65. The van der Waals surface area contributed by atoms with Gasteiger partial charge in [0, 0.05) is 19.8 Å². The quantitative estimate of drug-likeness (QED) is 0.814. The molecule has 1 N–H and O–H groups in total. The highest BCUT2D eigenvalue weighted by Crippen LogP contribution is 2.14. The van der Waals surface area contributed by atoms with Gasteiger partial charge in [-0.2, -0.15) is 0 Å². The third-order valence-corrected chi connectivity index (χ3v) is 2.22. The molecule has 1 aromatic heterocycles. The first-order valence-corrected chi connectivity index (χ1v) is 5.11. The lowest BCUT2D eigenvalue weighted by Gasteiger charge is -2.15. The Morgan fingerprint density at radius 2 is 2.24 bits per heavy atom. The normalized spacial score (nSPS) is 9.76. The Hall–Kier alpha value is -2.11. The van der Waals surface area contributed by atoms with Gasteiger partial charge in [0.15, 0.2) is 18.1 Å². The number of carbonyl (C=O) groups is 2. The summed E-state index contributed by atoms with van der Waals surface area (Å²) in [6.45, 7) is 2.21. The van der Waals surface area contributed by atoms with Gasteiger partial charge in [0.25, 0.3) is 5.91 Å². The number of pyridine rings is 1. The van der Waals surface area contributed by atoms with E-state index in [0.29, 0.717) is 6.54 Å². The smallest absolute Gasteiger partial charge is 0.358 e. The molecular formula is C11H14N2O4. The minimum absolute atomic E-state index is 0.0952. The van der Waals surface area contributed by atoms with E-state index in [0.717, 1.165) is 0 Å². The molecule has 0 spiro atoms. The zero-order valence-electron chi connectivity index (χ0n) is 9.71. The SMILES string of the molecule is CCN(C)C(=O)COc1cccnc1C(=O)O. The summed E-state index contributed by atoms with van der Waals surface area (Å²) in [5.41, 5.74) is -0.195. The number of rotatable bonds is 5. The van der Waals surface area contributed by atoms with Crippen molar-refractivity contribution in [1.29, 1.82) is 0 Å². The van der Waals surface area contributed by atoms with Crippen molar-refractivity contribution in [2.75, 3.05) is 20.2 Å². The molecule has 92 valence electrons. The summed E-state index contributed by atoms with van der Waals surface area (Å²) in [5.74, 6) is -1.30. The van der Waals surface area contributed by atoms with E-state index in [2.05, 4.69) is 4.98 Å². The zero-order valence-corrected chi connectivity index (χ0v) is 9.71. The van der Waals surface area contributed by atoms with Crippen molar-refractivity contribution in [3.63, 3.8) is 0 Å². The minimum atomic E-state index is -1.18. The molecule has 6 nitrogen and oxygen atoms in total. The van der Waals surface area contributed by atoms with Gasteiger partial charge in [0.1, 0.15) is 0 Å². The molecule has 0 aliphatic rings. The van der Waals surface area contributed by atoms with E-state index in [1.165, 1.54) is 17.2 Å². The molecule has 0 unspecified atom stereocenters. The molecule has 0 atom stereocenters. The largest absolute Gasteiger partial charge is 0.481 e. The lowest BCUT2D eigenvalue weighted by Crippen LogP contribution is -2.31. The Balaban J connectivity index is 2.69. The van der Waals surface area contributed by atoms with Crippen molar-refractivity contribution in [2.24, 2.45) is 0 Å². The highest BCUT2D eigenvalue weighted by molar-refractivity contribution is 5.88. The maximum Gasteiger partial charge on any atom is 0.358 e. The second-order valence-electron chi connectivity index (χ2n) is 3.35. The summed E-state index contributed by atoms with van der Waals surface area (Å²) in [4.78, 5) is 27.4. The monoisotopic (exact) mass is 238 g/mol. The number of carbonyl (C=O) groups excluding carboxylic acids is 1. The van der Waals surface area contributed by atoms with Gasteiger partial charge >= 0.3 is 5.97 Å². The first kappa shape index (κ1) is 13.0. The van der Waals surface area contributed by atoms with Gasteiger partial charge in [-0.15, -0.1) is 0 Å². The predicted octanol–water partition coefficient (Wildman–Crippen LogP) is 0.637. The molecule has 0 fully saturated rings. The maximum absolute atomic E-state index is 11.5. The average Bonchev–Trinajstić information content (AvgIpc) is 2.35. The van der Waals surface area contributed by atoms with Crippen molar-refractivity contribution in [1.82, 2.24) is 9.88 Å². The minimum Gasteiger partial charge on any atom is -0.481 e. The summed E-state index contributed by atoms with van der Waals surface area (Å²) in [5, 5.41) is 8.85. The van der Waals surface area contributed by atoms with Crippen LogP contribution in [-0.4, -0.2) is 47.1 Å². The Labute approximate surface area is 98.8 Å². The lowest BCUT2D eigenvalue weighted by atomic mass is 10.3. The summed E-state index contributed by atoms with van der Waals surface area (Å²) in [6, 6.07) is 3.02. The highest BCUT2D eigenvalue weighted by Gasteiger charge is 2.14. The Morgan fingerprint density at radius 1 is 1.53 bits per heavy atom. The van der Waals surface area contributed by atoms with Crippen LogP contribution in [0.3, 0.4) is 0 Å². The van der Waals surface area contributed by atoms with Crippen molar-refractivity contribution < 1.29 is 19.4 Å². The van der Waals surface area contributed by atoms with Gasteiger partial charge < -0.3 is 14.7 Å². The summed E-state index contributed by atoms with van der Waals surface area (Å²) in [6.07, 6.45) is 1.36. The number of hydrogen-bond acceptors (Lipinski definition) is 4. The number of nitrogens with zero attached hydrogens (tertiary/aromatic N) is 2. The van der Waals surface area contributed by atoms with Crippen LogP contribution in [0.25, 0.3) is 0 Å². The van der Waals surface area contributed by atoms with Gasteiger partial charge in [0.2, 0.25) is 0 Å².